The molecule has 4 amide bonds. The Hall–Kier alpha value is -3.28. The van der Waals surface area contributed by atoms with Crippen LogP contribution in [-0.4, -0.2) is 56.8 Å². The van der Waals surface area contributed by atoms with Crippen molar-refractivity contribution in [1.29, 1.82) is 0 Å². The van der Waals surface area contributed by atoms with Gasteiger partial charge in [-0.05, 0) is 61.6 Å². The van der Waals surface area contributed by atoms with E-state index in [1.807, 2.05) is 0 Å². The Morgan fingerprint density at radius 3 is 2.35 bits per heavy atom. The second-order valence-electron chi connectivity index (χ2n) is 11.2. The first kappa shape index (κ1) is 29.8. The number of carbonyl (C=O) groups excluding carboxylic acids is 4. The number of amides is 4. The maximum Gasteiger partial charge on any atom is 0.573 e. The number of hydrogen-bond acceptors (Lipinski definition) is 6. The molecule has 226 valence electrons. The number of imide groups is 2. The molecule has 0 radical (unpaired) electrons. The molecular formula is C29H22Cl3F3N2O6. The van der Waals surface area contributed by atoms with Gasteiger partial charge in [0.1, 0.15) is 11.5 Å². The quantitative estimate of drug-likeness (QED) is 0.268. The lowest BCUT2D eigenvalue weighted by Crippen LogP contribution is -2.60. The predicted octanol–water partition coefficient (Wildman–Crippen LogP) is 5.45. The summed E-state index contributed by atoms with van der Waals surface area (Å²) in [4.78, 5) is 52.1. The Morgan fingerprint density at radius 1 is 1.00 bits per heavy atom. The SMILES string of the molecule is Cc1ccc(N2C(=O)[C@H]3[C@H](CC=C4[C@H]3C[C@@]3(Cl)C(=O)N(C)C(=O)[C@@]3(Cl)[C@H]4c3cc(OC(F)(F)F)ccc3O)C2=O)cc1Cl. The fourth-order valence-corrected chi connectivity index (χ4v) is 8.21. The van der Waals surface area contributed by atoms with Crippen molar-refractivity contribution >= 4 is 64.1 Å². The number of carbonyl (C=O) groups is 4. The summed E-state index contributed by atoms with van der Waals surface area (Å²) in [5, 5.41) is 11.3. The summed E-state index contributed by atoms with van der Waals surface area (Å²) in [6.07, 6.45) is -3.78. The lowest BCUT2D eigenvalue weighted by atomic mass is 9.56. The minimum Gasteiger partial charge on any atom is -0.508 e. The van der Waals surface area contributed by atoms with Crippen molar-refractivity contribution in [3.8, 4) is 11.5 Å². The number of rotatable bonds is 3. The van der Waals surface area contributed by atoms with Crippen LogP contribution in [0.4, 0.5) is 18.9 Å². The molecule has 8 nitrogen and oxygen atoms in total. The summed E-state index contributed by atoms with van der Waals surface area (Å²) in [6.45, 7) is 1.76. The van der Waals surface area contributed by atoms with Gasteiger partial charge in [0.25, 0.3) is 11.8 Å². The number of alkyl halides is 5. The highest BCUT2D eigenvalue weighted by Crippen LogP contribution is 2.66. The zero-order valence-corrected chi connectivity index (χ0v) is 24.7. The van der Waals surface area contributed by atoms with Crippen LogP contribution >= 0.6 is 34.8 Å². The normalized spacial score (nSPS) is 32.0. The second-order valence-corrected chi connectivity index (χ2v) is 12.9. The van der Waals surface area contributed by atoms with Crippen molar-refractivity contribution in [3.05, 3.63) is 64.2 Å². The Balaban J connectivity index is 1.52. The summed E-state index contributed by atoms with van der Waals surface area (Å²) in [6, 6.07) is 7.44. The van der Waals surface area contributed by atoms with Gasteiger partial charge in [0.05, 0.1) is 17.5 Å². The summed E-state index contributed by atoms with van der Waals surface area (Å²) in [5.74, 6) is -8.44. The lowest BCUT2D eigenvalue weighted by molar-refractivity contribution is -0.274. The molecule has 2 saturated heterocycles. The highest BCUT2D eigenvalue weighted by atomic mass is 35.5. The fraction of sp³-hybridized carbons (Fsp3) is 0.379. The van der Waals surface area contributed by atoms with Crippen molar-refractivity contribution in [2.24, 2.45) is 17.8 Å². The maximum absolute atomic E-state index is 14.0. The standard InChI is InChI=1S/C29H22Cl3F3N2O6/c1-12-3-4-13(9-19(12)30)37-23(39)16-7-6-15-18(21(16)24(37)40)11-27(31)25(41)36(2)26(42)28(27,32)22(15)17-10-14(5-8-20(17)38)43-29(33,34)35/h3-6,8-10,16,18,21-22,38H,7,11H2,1-2H3/t16-,18+,21-,22+,27+,28-/m0/s1. The first-order valence-electron chi connectivity index (χ1n) is 13.1. The number of aryl methyl sites for hydroxylation is 1. The van der Waals surface area contributed by atoms with Crippen molar-refractivity contribution in [2.45, 2.75) is 41.8 Å². The average molecular weight is 658 g/mol. The Morgan fingerprint density at radius 2 is 1.70 bits per heavy atom. The van der Waals surface area contributed by atoms with Crippen LogP contribution < -0.4 is 9.64 Å². The number of phenols is 1. The molecule has 2 heterocycles. The molecule has 4 aliphatic rings. The van der Waals surface area contributed by atoms with Crippen LogP contribution in [0.2, 0.25) is 5.02 Å². The highest BCUT2D eigenvalue weighted by molar-refractivity contribution is 6.53. The number of anilines is 1. The van der Waals surface area contributed by atoms with E-state index in [1.54, 1.807) is 25.1 Å². The summed E-state index contributed by atoms with van der Waals surface area (Å²) < 4.78 is 43.4. The first-order chi connectivity index (χ1) is 20.0. The Labute approximate surface area is 257 Å². The number of fused-ring (bicyclic) bond motifs is 4. The van der Waals surface area contributed by atoms with E-state index in [0.717, 1.165) is 33.6 Å². The van der Waals surface area contributed by atoms with Gasteiger partial charge in [0, 0.05) is 23.6 Å². The van der Waals surface area contributed by atoms with Crippen LogP contribution in [0.3, 0.4) is 0 Å². The van der Waals surface area contributed by atoms with Crippen LogP contribution in [0.5, 0.6) is 11.5 Å². The van der Waals surface area contributed by atoms with Gasteiger partial charge in [0.2, 0.25) is 11.8 Å². The first-order valence-corrected chi connectivity index (χ1v) is 14.3. The lowest BCUT2D eigenvalue weighted by Gasteiger charge is -2.50. The zero-order chi connectivity index (χ0) is 31.4. The molecule has 2 aliphatic heterocycles. The van der Waals surface area contributed by atoms with E-state index >= 15 is 0 Å². The minimum absolute atomic E-state index is 0.0212. The van der Waals surface area contributed by atoms with Gasteiger partial charge in [-0.2, -0.15) is 0 Å². The number of benzene rings is 2. The molecule has 0 aromatic heterocycles. The van der Waals surface area contributed by atoms with Gasteiger partial charge in [-0.25, -0.2) is 4.90 Å². The number of ether oxygens (including phenoxy) is 1. The molecule has 6 rings (SSSR count). The summed E-state index contributed by atoms with van der Waals surface area (Å²) in [5.41, 5.74) is 1.02. The van der Waals surface area contributed by atoms with E-state index in [9.17, 15) is 37.5 Å². The largest absolute Gasteiger partial charge is 0.573 e. The molecule has 2 aliphatic carbocycles. The molecule has 2 aromatic rings. The number of allylic oxidation sites excluding steroid dienone is 2. The zero-order valence-electron chi connectivity index (χ0n) is 22.4. The fourth-order valence-electron chi connectivity index (χ4n) is 7.03. The van der Waals surface area contributed by atoms with Gasteiger partial charge in [0.15, 0.2) is 9.75 Å². The van der Waals surface area contributed by atoms with E-state index in [2.05, 4.69) is 4.74 Å². The minimum atomic E-state index is -5.08. The number of phenolic OH excluding ortho intramolecular Hbond substituents is 1. The number of aromatic hydroxyl groups is 1. The molecule has 6 atom stereocenters. The van der Waals surface area contributed by atoms with E-state index in [1.165, 1.54) is 13.1 Å². The van der Waals surface area contributed by atoms with Gasteiger partial charge in [-0.3, -0.25) is 24.1 Å². The molecular weight excluding hydrogens is 636 g/mol. The Kier molecular flexibility index (Phi) is 6.65. The van der Waals surface area contributed by atoms with Crippen LogP contribution in [0.15, 0.2) is 48.0 Å². The number of likely N-dealkylation sites (tertiary alicyclic amines) is 1. The van der Waals surface area contributed by atoms with Crippen LogP contribution in [-0.2, 0) is 19.2 Å². The molecule has 0 unspecified atom stereocenters. The van der Waals surface area contributed by atoms with Crippen molar-refractivity contribution < 1.29 is 42.2 Å². The molecule has 43 heavy (non-hydrogen) atoms. The molecule has 3 fully saturated rings. The molecule has 0 bridgehead atoms. The molecule has 1 saturated carbocycles. The smallest absolute Gasteiger partial charge is 0.508 e. The molecule has 2 aromatic carbocycles. The number of hydrogen-bond donors (Lipinski definition) is 1. The third-order valence-corrected chi connectivity index (χ3v) is 10.8. The van der Waals surface area contributed by atoms with Gasteiger partial charge < -0.3 is 9.84 Å². The average Bonchev–Trinajstić information content (AvgIpc) is 3.26. The maximum atomic E-state index is 14.0. The topological polar surface area (TPSA) is 104 Å². The van der Waals surface area contributed by atoms with E-state index in [4.69, 9.17) is 34.8 Å². The number of halogens is 6. The van der Waals surface area contributed by atoms with Gasteiger partial charge >= 0.3 is 6.36 Å². The second kappa shape index (κ2) is 9.61. The predicted molar refractivity (Wildman–Crippen MR) is 149 cm³/mol. The third-order valence-electron chi connectivity index (χ3n) is 8.97. The summed E-state index contributed by atoms with van der Waals surface area (Å²) >= 11 is 20.3. The van der Waals surface area contributed by atoms with Crippen molar-refractivity contribution in [3.63, 3.8) is 0 Å². The molecule has 1 N–H and O–H groups in total. The van der Waals surface area contributed by atoms with E-state index in [-0.39, 0.29) is 24.1 Å². The monoisotopic (exact) mass is 656 g/mol. The van der Waals surface area contributed by atoms with E-state index in [0.29, 0.717) is 10.6 Å². The van der Waals surface area contributed by atoms with Crippen LogP contribution in [0.1, 0.15) is 29.9 Å². The summed E-state index contributed by atoms with van der Waals surface area (Å²) in [7, 11) is 1.17. The van der Waals surface area contributed by atoms with Crippen molar-refractivity contribution in [1.82, 2.24) is 4.90 Å². The highest BCUT2D eigenvalue weighted by Gasteiger charge is 2.76. The Bertz CT molecular complexity index is 1660. The molecule has 0 spiro atoms. The van der Waals surface area contributed by atoms with Crippen LogP contribution in [0.25, 0.3) is 0 Å². The van der Waals surface area contributed by atoms with Gasteiger partial charge in [-0.15, -0.1) is 36.4 Å². The van der Waals surface area contributed by atoms with Crippen LogP contribution in [0, 0.1) is 24.7 Å². The van der Waals surface area contributed by atoms with Gasteiger partial charge in [-0.1, -0.05) is 29.3 Å². The molecule has 14 heteroatoms. The van der Waals surface area contributed by atoms with E-state index < -0.39 is 74.9 Å². The number of nitrogens with zero attached hydrogens (tertiary/aromatic N) is 2. The van der Waals surface area contributed by atoms with Crippen molar-refractivity contribution in [2.75, 3.05) is 11.9 Å². The third kappa shape index (κ3) is 4.11.